The van der Waals surface area contributed by atoms with Crippen LogP contribution in [-0.2, 0) is 16.0 Å². The van der Waals surface area contributed by atoms with Crippen LogP contribution >= 0.6 is 0 Å². The normalized spacial score (nSPS) is 17.6. The molecule has 7 heteroatoms. The van der Waals surface area contributed by atoms with Gasteiger partial charge in [-0.2, -0.15) is 0 Å². The van der Waals surface area contributed by atoms with Gasteiger partial charge in [-0.3, -0.25) is 14.7 Å². The van der Waals surface area contributed by atoms with Gasteiger partial charge in [0, 0.05) is 25.0 Å². The molecule has 2 heterocycles. The average molecular weight is 377 g/mol. The Morgan fingerprint density at radius 1 is 1.30 bits per heavy atom. The summed E-state index contributed by atoms with van der Waals surface area (Å²) in [4.78, 5) is 30.1. The lowest BCUT2D eigenvalue weighted by atomic mass is 10.0. The molecule has 1 aromatic rings. The smallest absolute Gasteiger partial charge is 0.408 e. The fraction of sp³-hybridized carbons (Fsp3) is 0.650. The predicted octanol–water partition coefficient (Wildman–Crippen LogP) is 2.42. The first-order valence-corrected chi connectivity index (χ1v) is 9.62. The number of nitrogens with zero attached hydrogens (tertiary/aromatic N) is 2. The molecule has 150 valence electrons. The molecule has 0 aliphatic carbocycles. The van der Waals surface area contributed by atoms with Gasteiger partial charge in [-0.1, -0.05) is 6.07 Å². The second-order valence-electron chi connectivity index (χ2n) is 8.07. The van der Waals surface area contributed by atoms with Crippen LogP contribution in [0, 0.1) is 0 Å². The SMILES string of the molecule is CN1CCC[C@H]1c1cncc(CCCNC(=O)CNC(=O)OC(C)(C)C)c1. The maximum absolute atomic E-state index is 11.8. The van der Waals surface area contributed by atoms with Crippen LogP contribution in [-0.4, -0.2) is 54.2 Å². The first-order valence-electron chi connectivity index (χ1n) is 9.62. The van der Waals surface area contributed by atoms with Crippen molar-refractivity contribution >= 4 is 12.0 Å². The van der Waals surface area contributed by atoms with Crippen molar-refractivity contribution in [1.82, 2.24) is 20.5 Å². The van der Waals surface area contributed by atoms with Crippen molar-refractivity contribution in [2.24, 2.45) is 0 Å². The molecule has 0 bridgehead atoms. The van der Waals surface area contributed by atoms with E-state index in [4.69, 9.17) is 4.74 Å². The maximum atomic E-state index is 11.8. The van der Waals surface area contributed by atoms with Crippen molar-refractivity contribution in [3.05, 3.63) is 29.6 Å². The molecule has 1 saturated heterocycles. The van der Waals surface area contributed by atoms with Crippen LogP contribution in [0.1, 0.15) is 57.2 Å². The molecule has 1 aliphatic heterocycles. The molecule has 0 unspecified atom stereocenters. The highest BCUT2D eigenvalue weighted by Gasteiger charge is 2.22. The van der Waals surface area contributed by atoms with Crippen molar-refractivity contribution in [3.8, 4) is 0 Å². The van der Waals surface area contributed by atoms with Crippen LogP contribution in [0.3, 0.4) is 0 Å². The molecule has 27 heavy (non-hydrogen) atoms. The van der Waals surface area contributed by atoms with Crippen LogP contribution in [0.2, 0.25) is 0 Å². The number of aromatic nitrogens is 1. The topological polar surface area (TPSA) is 83.6 Å². The summed E-state index contributed by atoms with van der Waals surface area (Å²) in [7, 11) is 2.16. The molecule has 2 rings (SSSR count). The zero-order valence-corrected chi connectivity index (χ0v) is 16.9. The van der Waals surface area contributed by atoms with Crippen molar-refractivity contribution in [3.63, 3.8) is 0 Å². The Balaban J connectivity index is 1.66. The van der Waals surface area contributed by atoms with E-state index >= 15 is 0 Å². The fourth-order valence-electron chi connectivity index (χ4n) is 3.21. The van der Waals surface area contributed by atoms with Gasteiger partial charge in [-0.05, 0) is 71.2 Å². The fourth-order valence-corrected chi connectivity index (χ4v) is 3.21. The number of aryl methyl sites for hydroxylation is 1. The lowest BCUT2D eigenvalue weighted by Gasteiger charge is -2.20. The first-order chi connectivity index (χ1) is 12.7. The second kappa shape index (κ2) is 9.69. The number of alkyl carbamates (subject to hydrolysis) is 1. The minimum absolute atomic E-state index is 0.0834. The van der Waals surface area contributed by atoms with E-state index < -0.39 is 11.7 Å². The van der Waals surface area contributed by atoms with E-state index in [1.807, 2.05) is 12.4 Å². The van der Waals surface area contributed by atoms with Gasteiger partial charge in [0.25, 0.3) is 0 Å². The van der Waals surface area contributed by atoms with Gasteiger partial charge in [0.05, 0.1) is 6.54 Å². The third-order valence-electron chi connectivity index (χ3n) is 4.48. The Morgan fingerprint density at radius 3 is 2.74 bits per heavy atom. The number of carbonyl (C=O) groups excluding carboxylic acids is 2. The van der Waals surface area contributed by atoms with E-state index in [9.17, 15) is 9.59 Å². The van der Waals surface area contributed by atoms with Gasteiger partial charge < -0.3 is 15.4 Å². The number of ether oxygens (including phenoxy) is 1. The molecule has 1 aliphatic rings. The van der Waals surface area contributed by atoms with Crippen LogP contribution in [0.15, 0.2) is 18.5 Å². The van der Waals surface area contributed by atoms with Gasteiger partial charge in [-0.15, -0.1) is 0 Å². The summed E-state index contributed by atoms with van der Waals surface area (Å²) in [5, 5.41) is 5.26. The third kappa shape index (κ3) is 7.54. The molecule has 0 saturated carbocycles. The highest BCUT2D eigenvalue weighted by molar-refractivity contribution is 5.82. The zero-order valence-electron chi connectivity index (χ0n) is 16.9. The number of pyridine rings is 1. The highest BCUT2D eigenvalue weighted by Crippen LogP contribution is 2.30. The molecule has 1 fully saturated rings. The molecule has 2 N–H and O–H groups in total. The van der Waals surface area contributed by atoms with Crippen LogP contribution in [0.25, 0.3) is 0 Å². The van der Waals surface area contributed by atoms with Gasteiger partial charge in [-0.25, -0.2) is 4.79 Å². The number of carbonyl (C=O) groups is 2. The van der Waals surface area contributed by atoms with Crippen LogP contribution < -0.4 is 10.6 Å². The summed E-state index contributed by atoms with van der Waals surface area (Å²) in [5.74, 6) is -0.222. The Hall–Kier alpha value is -2.15. The number of likely N-dealkylation sites (tertiary alicyclic amines) is 1. The predicted molar refractivity (Wildman–Crippen MR) is 104 cm³/mol. The minimum atomic E-state index is -0.586. The Labute approximate surface area is 161 Å². The maximum Gasteiger partial charge on any atom is 0.408 e. The van der Waals surface area contributed by atoms with Gasteiger partial charge >= 0.3 is 6.09 Å². The molecule has 0 aromatic carbocycles. The lowest BCUT2D eigenvalue weighted by molar-refractivity contribution is -0.120. The van der Waals surface area contributed by atoms with Gasteiger partial charge in [0.15, 0.2) is 0 Å². The summed E-state index contributed by atoms with van der Waals surface area (Å²) in [6, 6.07) is 2.70. The largest absolute Gasteiger partial charge is 0.444 e. The third-order valence-corrected chi connectivity index (χ3v) is 4.48. The molecule has 1 atom stereocenters. The number of rotatable bonds is 7. The van der Waals surface area contributed by atoms with E-state index in [-0.39, 0.29) is 12.5 Å². The van der Waals surface area contributed by atoms with E-state index in [1.165, 1.54) is 24.0 Å². The summed E-state index contributed by atoms with van der Waals surface area (Å²) < 4.78 is 5.09. The van der Waals surface area contributed by atoms with E-state index in [2.05, 4.69) is 33.6 Å². The molecular weight excluding hydrogens is 344 g/mol. The number of hydrogen-bond donors (Lipinski definition) is 2. The average Bonchev–Trinajstić information content (AvgIpc) is 3.02. The minimum Gasteiger partial charge on any atom is -0.444 e. The number of hydrogen-bond acceptors (Lipinski definition) is 5. The van der Waals surface area contributed by atoms with Crippen LogP contribution in [0.4, 0.5) is 4.79 Å². The zero-order chi connectivity index (χ0) is 19.9. The molecule has 2 amide bonds. The van der Waals surface area contributed by atoms with Crippen LogP contribution in [0.5, 0.6) is 0 Å². The summed E-state index contributed by atoms with van der Waals surface area (Å²) in [5.41, 5.74) is 1.89. The van der Waals surface area contributed by atoms with E-state index in [0.717, 1.165) is 19.4 Å². The molecule has 7 nitrogen and oxygen atoms in total. The molecule has 0 radical (unpaired) electrons. The molecule has 1 aromatic heterocycles. The summed E-state index contributed by atoms with van der Waals surface area (Å²) >= 11 is 0. The Bertz CT molecular complexity index is 642. The summed E-state index contributed by atoms with van der Waals surface area (Å²) in [6.07, 6.45) is 7.36. The second-order valence-corrected chi connectivity index (χ2v) is 8.07. The van der Waals surface area contributed by atoms with Crippen molar-refractivity contribution in [1.29, 1.82) is 0 Å². The van der Waals surface area contributed by atoms with Gasteiger partial charge in [0.2, 0.25) is 5.91 Å². The Morgan fingerprint density at radius 2 is 2.07 bits per heavy atom. The van der Waals surface area contributed by atoms with Crippen molar-refractivity contribution < 1.29 is 14.3 Å². The van der Waals surface area contributed by atoms with E-state index in [0.29, 0.717) is 12.6 Å². The lowest BCUT2D eigenvalue weighted by Crippen LogP contribution is -2.40. The standard InChI is InChI=1S/C20H32N4O3/c1-20(2,3)27-19(26)23-14-18(25)22-9-5-7-15-11-16(13-21-12-15)17-8-6-10-24(17)4/h11-13,17H,5-10,14H2,1-4H3,(H,22,25)(H,23,26)/t17-/m0/s1. The van der Waals surface area contributed by atoms with Crippen molar-refractivity contribution in [2.45, 2.75) is 58.1 Å². The quantitative estimate of drug-likeness (QED) is 0.714. The molecule has 0 spiro atoms. The first kappa shape index (κ1) is 21.2. The highest BCUT2D eigenvalue weighted by atomic mass is 16.6. The summed E-state index contributed by atoms with van der Waals surface area (Å²) in [6.45, 7) is 6.95. The van der Waals surface area contributed by atoms with Gasteiger partial charge in [0.1, 0.15) is 5.60 Å². The number of amides is 2. The van der Waals surface area contributed by atoms with Crippen molar-refractivity contribution in [2.75, 3.05) is 26.7 Å². The number of nitrogens with one attached hydrogen (secondary N) is 2. The molecular formula is C20H32N4O3. The Kier molecular flexibility index (Phi) is 7.59. The monoisotopic (exact) mass is 376 g/mol. The van der Waals surface area contributed by atoms with E-state index in [1.54, 1.807) is 20.8 Å².